The Morgan fingerprint density at radius 3 is 2.70 bits per heavy atom. The molecule has 0 atom stereocenters. The lowest BCUT2D eigenvalue weighted by atomic mass is 9.97. The molecule has 4 heteroatoms. The van der Waals surface area contributed by atoms with Crippen LogP contribution < -0.4 is 16.5 Å². The highest BCUT2D eigenvalue weighted by Gasteiger charge is 2.11. The lowest BCUT2D eigenvalue weighted by Gasteiger charge is -2.11. The Bertz CT molecular complexity index is 1020. The number of hydrogen-bond acceptors (Lipinski definition) is 4. The van der Waals surface area contributed by atoms with Crippen LogP contribution in [0.25, 0.3) is 0 Å². The maximum Gasteiger partial charge on any atom is 0.102 e. The van der Waals surface area contributed by atoms with Gasteiger partial charge in [-0.05, 0) is 88.1 Å². The molecule has 2 aliphatic rings. The molecule has 1 aliphatic carbocycles. The van der Waals surface area contributed by atoms with E-state index in [2.05, 4.69) is 73.7 Å². The van der Waals surface area contributed by atoms with Gasteiger partial charge in [0.1, 0.15) is 6.61 Å². The lowest BCUT2D eigenvalue weighted by molar-refractivity contribution is 0.202. The van der Waals surface area contributed by atoms with E-state index in [9.17, 15) is 0 Å². The molecule has 33 heavy (non-hydrogen) atoms. The number of allylic oxidation sites excluding steroid dienone is 5. The summed E-state index contributed by atoms with van der Waals surface area (Å²) in [5.74, 6) is 0. The number of rotatable bonds is 8. The lowest BCUT2D eigenvalue weighted by Crippen LogP contribution is -2.03. The monoisotopic (exact) mass is 445 g/mol. The number of nitrogens with two attached hydrogens (primary N) is 1. The summed E-state index contributed by atoms with van der Waals surface area (Å²) in [7, 11) is 0. The molecule has 0 saturated carbocycles. The summed E-state index contributed by atoms with van der Waals surface area (Å²) >= 11 is 0. The molecule has 2 aromatic rings. The van der Waals surface area contributed by atoms with E-state index in [-0.39, 0.29) is 0 Å². The second-order valence-corrected chi connectivity index (χ2v) is 8.89. The zero-order valence-electron chi connectivity index (χ0n) is 20.5. The molecule has 0 amide bonds. The molecule has 0 spiro atoms. The van der Waals surface area contributed by atoms with Gasteiger partial charge in [0, 0.05) is 12.1 Å². The van der Waals surface area contributed by atoms with Gasteiger partial charge >= 0.3 is 0 Å². The van der Waals surface area contributed by atoms with E-state index in [1.807, 2.05) is 13.0 Å². The number of fused-ring (bicyclic) bond motifs is 1. The molecule has 0 saturated heterocycles. The third-order valence-corrected chi connectivity index (χ3v) is 6.34. The minimum absolute atomic E-state index is 0.671. The Balaban J connectivity index is 0.000000218. The van der Waals surface area contributed by atoms with Crippen molar-refractivity contribution in [1.29, 1.82) is 0 Å². The van der Waals surface area contributed by atoms with Crippen LogP contribution in [0.3, 0.4) is 0 Å². The Kier molecular flexibility index (Phi) is 9.20. The maximum absolute atomic E-state index is 5.91. The van der Waals surface area contributed by atoms with Gasteiger partial charge in [0.05, 0.1) is 17.1 Å². The first kappa shape index (κ1) is 24.7. The first-order chi connectivity index (χ1) is 16.0. The average Bonchev–Trinajstić information content (AvgIpc) is 3.31. The number of nitrogen functional groups attached to an aromatic ring is 1. The standard InChI is InChI=1S/C19H23NO.C10H16N2/c1-15(7-9-16-5-3-2-4-6-16)8-10-17-11-12-19-18(13-17)14-21-20-19;1-4-12-9-6-5-7(2)8(3)10(9)11/h3,5-6,11-13,20H,1-2,4,7-10,14H2;5-6,12H,4,11H2,1-3H3. The summed E-state index contributed by atoms with van der Waals surface area (Å²) in [5.41, 5.74) is 19.7. The molecule has 0 bridgehead atoms. The Labute approximate surface area is 199 Å². The van der Waals surface area contributed by atoms with Crippen molar-refractivity contribution in [2.45, 2.75) is 65.9 Å². The zero-order valence-corrected chi connectivity index (χ0v) is 20.5. The molecule has 0 fully saturated rings. The number of benzene rings is 2. The Hall–Kier alpha value is -2.98. The quantitative estimate of drug-likeness (QED) is 0.292. The van der Waals surface area contributed by atoms with Crippen molar-refractivity contribution in [3.05, 3.63) is 88.5 Å². The van der Waals surface area contributed by atoms with Crippen molar-refractivity contribution >= 4 is 17.1 Å². The molecule has 176 valence electrons. The summed E-state index contributed by atoms with van der Waals surface area (Å²) in [5, 5.41) is 3.22. The predicted molar refractivity (Wildman–Crippen MR) is 142 cm³/mol. The normalized spacial score (nSPS) is 14.0. The zero-order chi connectivity index (χ0) is 23.6. The van der Waals surface area contributed by atoms with E-state index in [1.54, 1.807) is 0 Å². The van der Waals surface area contributed by atoms with Gasteiger partial charge in [-0.25, -0.2) is 0 Å². The highest BCUT2D eigenvalue weighted by atomic mass is 16.6. The number of hydrogen-bond donors (Lipinski definition) is 3. The largest absolute Gasteiger partial charge is 0.397 e. The predicted octanol–water partition coefficient (Wildman–Crippen LogP) is 7.41. The highest BCUT2D eigenvalue weighted by molar-refractivity contribution is 5.71. The van der Waals surface area contributed by atoms with Crippen molar-refractivity contribution in [2.24, 2.45) is 0 Å². The van der Waals surface area contributed by atoms with E-state index >= 15 is 0 Å². The van der Waals surface area contributed by atoms with Crippen LogP contribution in [0.4, 0.5) is 17.1 Å². The number of anilines is 3. The third kappa shape index (κ3) is 7.26. The molecule has 0 radical (unpaired) electrons. The van der Waals surface area contributed by atoms with E-state index < -0.39 is 0 Å². The van der Waals surface area contributed by atoms with Gasteiger partial charge in [-0.1, -0.05) is 54.2 Å². The number of aryl methyl sites for hydroxylation is 2. The van der Waals surface area contributed by atoms with Crippen LogP contribution in [-0.2, 0) is 17.9 Å². The first-order valence-electron chi connectivity index (χ1n) is 12.1. The second kappa shape index (κ2) is 12.3. The van der Waals surface area contributed by atoms with Crippen LogP contribution >= 0.6 is 0 Å². The molecular formula is C29H39N3O. The summed E-state index contributed by atoms with van der Waals surface area (Å²) < 4.78 is 0. The minimum atomic E-state index is 0.671. The number of nitrogens with one attached hydrogen (secondary N) is 2. The van der Waals surface area contributed by atoms with Crippen molar-refractivity contribution < 1.29 is 4.84 Å². The highest BCUT2D eigenvalue weighted by Crippen LogP contribution is 2.26. The molecule has 4 nitrogen and oxygen atoms in total. The topological polar surface area (TPSA) is 59.3 Å². The molecule has 1 heterocycles. The molecule has 1 aliphatic heterocycles. The van der Waals surface area contributed by atoms with Gasteiger partial charge in [0.25, 0.3) is 0 Å². The molecule has 4 N–H and O–H groups in total. The smallest absolute Gasteiger partial charge is 0.102 e. The fourth-order valence-electron chi connectivity index (χ4n) is 4.02. The van der Waals surface area contributed by atoms with Crippen LogP contribution in [0.5, 0.6) is 0 Å². The second-order valence-electron chi connectivity index (χ2n) is 8.89. The van der Waals surface area contributed by atoms with Gasteiger partial charge in [0.15, 0.2) is 0 Å². The van der Waals surface area contributed by atoms with Crippen molar-refractivity contribution in [2.75, 3.05) is 23.1 Å². The molecule has 0 aromatic heterocycles. The maximum atomic E-state index is 5.91. The third-order valence-electron chi connectivity index (χ3n) is 6.34. The van der Waals surface area contributed by atoms with Gasteiger partial charge < -0.3 is 11.1 Å². The summed E-state index contributed by atoms with van der Waals surface area (Å²) in [6.07, 6.45) is 13.7. The Morgan fingerprint density at radius 1 is 1.12 bits per heavy atom. The van der Waals surface area contributed by atoms with Crippen LogP contribution in [0.2, 0.25) is 0 Å². The average molecular weight is 446 g/mol. The van der Waals surface area contributed by atoms with Crippen LogP contribution in [0.1, 0.15) is 61.3 Å². The Morgan fingerprint density at radius 2 is 1.94 bits per heavy atom. The molecule has 0 unspecified atom stereocenters. The fraction of sp³-hybridized carbons (Fsp3) is 0.379. The summed E-state index contributed by atoms with van der Waals surface area (Å²) in [4.78, 5) is 5.22. The van der Waals surface area contributed by atoms with E-state index in [1.165, 1.54) is 46.2 Å². The van der Waals surface area contributed by atoms with Crippen LogP contribution in [-0.4, -0.2) is 6.54 Å². The SMILES string of the molecule is C=C(CCC1=CCCC=C1)CCc1ccc2c(c1)CON2.CCNc1ccc(C)c(C)c1N. The van der Waals surface area contributed by atoms with Gasteiger partial charge in [0.2, 0.25) is 0 Å². The van der Waals surface area contributed by atoms with Gasteiger partial charge in [-0.2, -0.15) is 0 Å². The summed E-state index contributed by atoms with van der Waals surface area (Å²) in [6, 6.07) is 10.7. The molecule has 2 aromatic carbocycles. The van der Waals surface area contributed by atoms with Crippen molar-refractivity contribution in [3.8, 4) is 0 Å². The van der Waals surface area contributed by atoms with Crippen LogP contribution in [0, 0.1) is 13.8 Å². The van der Waals surface area contributed by atoms with Gasteiger partial charge in [-0.15, -0.1) is 0 Å². The summed E-state index contributed by atoms with van der Waals surface area (Å²) in [6.45, 7) is 12.0. The minimum Gasteiger partial charge on any atom is -0.397 e. The van der Waals surface area contributed by atoms with Crippen LogP contribution in [0.15, 0.2) is 66.3 Å². The molecule has 4 rings (SSSR count). The van der Waals surface area contributed by atoms with E-state index in [4.69, 9.17) is 10.6 Å². The molecular weight excluding hydrogens is 406 g/mol. The van der Waals surface area contributed by atoms with Gasteiger partial charge in [-0.3, -0.25) is 10.3 Å². The van der Waals surface area contributed by atoms with E-state index in [0.717, 1.165) is 49.3 Å². The van der Waals surface area contributed by atoms with E-state index in [0.29, 0.717) is 6.61 Å². The van der Waals surface area contributed by atoms with Crippen molar-refractivity contribution in [3.63, 3.8) is 0 Å². The van der Waals surface area contributed by atoms with Crippen molar-refractivity contribution in [1.82, 2.24) is 0 Å². The first-order valence-corrected chi connectivity index (χ1v) is 12.1. The fourth-order valence-corrected chi connectivity index (χ4v) is 4.02.